The zero-order chi connectivity index (χ0) is 10.3. The molecule has 2 aliphatic rings. The molecule has 5 heteroatoms. The van der Waals surface area contributed by atoms with Gasteiger partial charge in [-0.1, -0.05) is 0 Å². The van der Waals surface area contributed by atoms with E-state index in [0.717, 1.165) is 6.42 Å². The first-order chi connectivity index (χ1) is 6.58. The molecule has 1 spiro atoms. The minimum Gasteiger partial charge on any atom is -0.385 e. The molecule has 0 aliphatic carbocycles. The van der Waals surface area contributed by atoms with Crippen LogP contribution < -0.4 is 5.73 Å². The number of hydrogen-bond donors (Lipinski definition) is 1. The lowest BCUT2D eigenvalue weighted by molar-refractivity contribution is 0.119. The van der Waals surface area contributed by atoms with Crippen LogP contribution in [-0.4, -0.2) is 41.6 Å². The molecule has 0 aromatic rings. The Balaban J connectivity index is 2.37. The van der Waals surface area contributed by atoms with Crippen molar-refractivity contribution in [1.29, 1.82) is 0 Å². The van der Waals surface area contributed by atoms with E-state index in [-0.39, 0.29) is 12.1 Å². The highest BCUT2D eigenvalue weighted by atomic mass is 16.5. The fourth-order valence-electron chi connectivity index (χ4n) is 2.23. The van der Waals surface area contributed by atoms with Crippen LogP contribution in [0.4, 0.5) is 4.79 Å². The van der Waals surface area contributed by atoms with Gasteiger partial charge in [-0.25, -0.2) is 4.79 Å². The molecule has 0 aromatic heterocycles. The van der Waals surface area contributed by atoms with Gasteiger partial charge < -0.3 is 15.4 Å². The number of aliphatic imine (C=N–C) groups is 1. The van der Waals surface area contributed by atoms with E-state index < -0.39 is 5.54 Å². The summed E-state index contributed by atoms with van der Waals surface area (Å²) in [5, 5.41) is 0. The number of hydrogen-bond acceptors (Lipinski definition) is 3. The fourth-order valence-corrected chi connectivity index (χ4v) is 2.23. The maximum absolute atomic E-state index is 11.6. The van der Waals surface area contributed by atoms with Gasteiger partial charge >= 0.3 is 6.03 Å². The first-order valence-electron chi connectivity index (χ1n) is 4.83. The number of carbonyl (C=O) groups is 1. The van der Waals surface area contributed by atoms with Crippen LogP contribution in [0.3, 0.4) is 0 Å². The zero-order valence-electron chi connectivity index (χ0n) is 8.49. The van der Waals surface area contributed by atoms with E-state index in [1.54, 1.807) is 4.90 Å². The molecule has 14 heavy (non-hydrogen) atoms. The molecule has 1 saturated heterocycles. The molecule has 1 atom stereocenters. The van der Waals surface area contributed by atoms with Gasteiger partial charge in [0, 0.05) is 19.1 Å². The third-order valence-corrected chi connectivity index (χ3v) is 2.88. The van der Waals surface area contributed by atoms with E-state index in [2.05, 4.69) is 4.99 Å². The average Bonchev–Trinajstić information content (AvgIpc) is 2.61. The van der Waals surface area contributed by atoms with Crippen LogP contribution in [0.2, 0.25) is 0 Å². The highest BCUT2D eigenvalue weighted by molar-refractivity contribution is 6.06. The van der Waals surface area contributed by atoms with Crippen molar-refractivity contribution < 1.29 is 9.53 Å². The Kier molecular flexibility index (Phi) is 1.99. The van der Waals surface area contributed by atoms with Crippen molar-refractivity contribution in [2.24, 2.45) is 10.7 Å². The second-order valence-electron chi connectivity index (χ2n) is 4.08. The molecule has 2 amide bonds. The molecule has 0 radical (unpaired) electrons. The number of amidine groups is 1. The van der Waals surface area contributed by atoms with Gasteiger partial charge in [-0.2, -0.15) is 4.99 Å². The number of ether oxygens (including phenoxy) is 1. The number of urea groups is 1. The monoisotopic (exact) mass is 197 g/mol. The van der Waals surface area contributed by atoms with Gasteiger partial charge in [0.2, 0.25) is 0 Å². The lowest BCUT2D eigenvalue weighted by atomic mass is 9.95. The summed E-state index contributed by atoms with van der Waals surface area (Å²) in [5.41, 5.74) is 5.35. The Morgan fingerprint density at radius 1 is 1.64 bits per heavy atom. The highest BCUT2D eigenvalue weighted by Crippen LogP contribution is 2.33. The third kappa shape index (κ3) is 1.05. The van der Waals surface area contributed by atoms with Crippen molar-refractivity contribution in [3.8, 4) is 0 Å². The summed E-state index contributed by atoms with van der Waals surface area (Å²) in [6.07, 6.45) is 0.756. The van der Waals surface area contributed by atoms with E-state index in [1.165, 1.54) is 0 Å². The van der Waals surface area contributed by atoms with Crippen molar-refractivity contribution in [1.82, 2.24) is 4.90 Å². The van der Waals surface area contributed by atoms with E-state index in [0.29, 0.717) is 19.0 Å². The Morgan fingerprint density at radius 2 is 2.36 bits per heavy atom. The van der Waals surface area contributed by atoms with E-state index in [1.807, 2.05) is 13.8 Å². The lowest BCUT2D eigenvalue weighted by Gasteiger charge is -2.35. The molecule has 0 aromatic carbocycles. The third-order valence-electron chi connectivity index (χ3n) is 2.88. The predicted molar refractivity (Wildman–Crippen MR) is 52.2 cm³/mol. The Labute approximate surface area is 82.9 Å². The summed E-state index contributed by atoms with van der Waals surface area (Å²) in [6, 6.07) is -0.128. The molecule has 1 unspecified atom stereocenters. The zero-order valence-corrected chi connectivity index (χ0v) is 8.49. The summed E-state index contributed by atoms with van der Waals surface area (Å²) in [4.78, 5) is 17.2. The summed E-state index contributed by atoms with van der Waals surface area (Å²) in [7, 11) is 0. The Bertz CT molecular complexity index is 292. The molecule has 2 heterocycles. The van der Waals surface area contributed by atoms with Crippen LogP contribution in [0.1, 0.15) is 20.3 Å². The molecule has 2 N–H and O–H groups in total. The molecule has 2 rings (SSSR count). The SMILES string of the molecule is CC(C)N1C(=O)N=C(N)C12CCOC2. The minimum absolute atomic E-state index is 0.106. The van der Waals surface area contributed by atoms with Crippen LogP contribution in [0.15, 0.2) is 4.99 Å². The normalized spacial score (nSPS) is 32.1. The molecule has 0 saturated carbocycles. The number of carbonyl (C=O) groups excluding carboxylic acids is 1. The van der Waals surface area contributed by atoms with Crippen molar-refractivity contribution in [2.75, 3.05) is 13.2 Å². The average molecular weight is 197 g/mol. The number of amides is 2. The molecule has 2 aliphatic heterocycles. The fraction of sp³-hybridized carbons (Fsp3) is 0.778. The van der Waals surface area contributed by atoms with E-state index >= 15 is 0 Å². The summed E-state index contributed by atoms with van der Waals surface area (Å²) < 4.78 is 5.33. The van der Waals surface area contributed by atoms with Crippen LogP contribution in [0.5, 0.6) is 0 Å². The van der Waals surface area contributed by atoms with Crippen LogP contribution in [0, 0.1) is 0 Å². The van der Waals surface area contributed by atoms with Crippen molar-refractivity contribution in [3.05, 3.63) is 0 Å². The summed E-state index contributed by atoms with van der Waals surface area (Å²) >= 11 is 0. The maximum atomic E-state index is 11.6. The van der Waals surface area contributed by atoms with Crippen LogP contribution in [0.25, 0.3) is 0 Å². The second kappa shape index (κ2) is 2.95. The van der Waals surface area contributed by atoms with E-state index in [9.17, 15) is 4.79 Å². The molecule has 1 fully saturated rings. The summed E-state index contributed by atoms with van der Waals surface area (Å²) in [5.74, 6) is 0.411. The van der Waals surface area contributed by atoms with Gasteiger partial charge in [0.05, 0.1) is 6.61 Å². The van der Waals surface area contributed by atoms with Gasteiger partial charge in [-0.15, -0.1) is 0 Å². The minimum atomic E-state index is -0.453. The smallest absolute Gasteiger partial charge is 0.346 e. The largest absolute Gasteiger partial charge is 0.385 e. The standard InChI is InChI=1S/C9H15N3O2/c1-6(2)12-8(13)11-7(10)9(12)3-4-14-5-9/h6H,3-5H2,1-2H3,(H2,10,11,13). The molecular formula is C9H15N3O2. The maximum Gasteiger partial charge on any atom is 0.346 e. The van der Waals surface area contributed by atoms with Crippen LogP contribution >= 0.6 is 0 Å². The molecule has 0 bridgehead atoms. The quantitative estimate of drug-likeness (QED) is 0.659. The van der Waals surface area contributed by atoms with Gasteiger partial charge in [-0.3, -0.25) is 0 Å². The second-order valence-corrected chi connectivity index (χ2v) is 4.08. The van der Waals surface area contributed by atoms with Gasteiger partial charge in [0.15, 0.2) is 0 Å². The predicted octanol–water partition coefficient (Wildman–Crippen LogP) is 0.347. The van der Waals surface area contributed by atoms with Crippen molar-refractivity contribution >= 4 is 11.9 Å². The number of rotatable bonds is 1. The van der Waals surface area contributed by atoms with Crippen molar-refractivity contribution in [3.63, 3.8) is 0 Å². The van der Waals surface area contributed by atoms with Gasteiger partial charge in [-0.05, 0) is 13.8 Å². The van der Waals surface area contributed by atoms with Crippen LogP contribution in [-0.2, 0) is 4.74 Å². The van der Waals surface area contributed by atoms with Gasteiger partial charge in [0.1, 0.15) is 11.4 Å². The number of nitrogens with two attached hydrogens (primary N) is 1. The lowest BCUT2D eigenvalue weighted by Crippen LogP contribution is -2.57. The first kappa shape index (κ1) is 9.45. The molecular weight excluding hydrogens is 182 g/mol. The Morgan fingerprint density at radius 3 is 2.86 bits per heavy atom. The van der Waals surface area contributed by atoms with E-state index in [4.69, 9.17) is 10.5 Å². The van der Waals surface area contributed by atoms with Crippen molar-refractivity contribution in [2.45, 2.75) is 31.8 Å². The topological polar surface area (TPSA) is 67.9 Å². The highest BCUT2D eigenvalue weighted by Gasteiger charge is 2.51. The Hall–Kier alpha value is -1.10. The summed E-state index contributed by atoms with van der Waals surface area (Å²) in [6.45, 7) is 5.05. The number of nitrogens with zero attached hydrogens (tertiary/aromatic N) is 2. The van der Waals surface area contributed by atoms with Gasteiger partial charge in [0.25, 0.3) is 0 Å². The molecule has 5 nitrogen and oxygen atoms in total. The first-order valence-corrected chi connectivity index (χ1v) is 4.83. The molecule has 78 valence electrons.